The van der Waals surface area contributed by atoms with Crippen molar-refractivity contribution in [2.75, 3.05) is 19.8 Å². The lowest BCUT2D eigenvalue weighted by molar-refractivity contribution is 0.0222. The van der Waals surface area contributed by atoms with E-state index in [1.54, 1.807) is 15.7 Å². The van der Waals surface area contributed by atoms with E-state index in [2.05, 4.69) is 18.3 Å². The largest absolute Gasteiger partial charge is 0.473 e. The zero-order chi connectivity index (χ0) is 18.6. The van der Waals surface area contributed by atoms with Crippen LogP contribution >= 0.6 is 0 Å². The number of aromatic nitrogens is 2. The van der Waals surface area contributed by atoms with Gasteiger partial charge in [0.15, 0.2) is 0 Å². The Morgan fingerprint density at radius 2 is 2.16 bits per heavy atom. The smallest absolute Gasteiger partial charge is 0.410 e. The molecule has 0 unspecified atom stereocenters. The summed E-state index contributed by atoms with van der Waals surface area (Å²) in [6, 6.07) is 0. The number of ether oxygens (including phenoxy) is 2. The molecule has 2 rings (SSSR count). The second-order valence-corrected chi connectivity index (χ2v) is 7.05. The number of aliphatic hydroxyl groups excluding tert-OH is 1. The van der Waals surface area contributed by atoms with Crippen molar-refractivity contribution in [3.05, 3.63) is 36.1 Å². The molecule has 1 aromatic rings. The lowest BCUT2D eigenvalue weighted by Gasteiger charge is -2.29. The molecular formula is C18H27N3O4. The molecule has 0 atom stereocenters. The number of nitrogens with zero attached hydrogens (tertiary/aromatic N) is 3. The molecule has 138 valence electrons. The van der Waals surface area contributed by atoms with E-state index in [1.165, 1.54) is 0 Å². The fourth-order valence-corrected chi connectivity index (χ4v) is 2.55. The summed E-state index contributed by atoms with van der Waals surface area (Å²) >= 11 is 0. The van der Waals surface area contributed by atoms with E-state index in [0.29, 0.717) is 44.1 Å². The van der Waals surface area contributed by atoms with Crippen molar-refractivity contribution in [3.8, 4) is 5.88 Å². The monoisotopic (exact) mass is 349 g/mol. The van der Waals surface area contributed by atoms with Crippen LogP contribution in [-0.4, -0.2) is 51.2 Å². The summed E-state index contributed by atoms with van der Waals surface area (Å²) in [5, 5.41) is 13.8. The van der Waals surface area contributed by atoms with Gasteiger partial charge in [-0.05, 0) is 26.3 Å². The molecule has 7 heteroatoms. The van der Waals surface area contributed by atoms with Crippen LogP contribution in [0.5, 0.6) is 5.88 Å². The first-order valence-electron chi connectivity index (χ1n) is 8.33. The second-order valence-electron chi connectivity index (χ2n) is 7.05. The van der Waals surface area contributed by atoms with Crippen LogP contribution in [0.2, 0.25) is 0 Å². The molecule has 0 spiro atoms. The summed E-state index contributed by atoms with van der Waals surface area (Å²) in [6.07, 6.45) is 1.93. The van der Waals surface area contributed by atoms with Crippen molar-refractivity contribution >= 4 is 6.09 Å². The molecule has 1 amide bonds. The standard InChI is InChI=1S/C18H27N3O4/c1-6-9-24-16-14-11-20(17(23)25-18(3,4)5)8-7-15(14)19-21(16)10-13(2)12-22/h6,22H,1-2,7-12H2,3-5H3. The minimum Gasteiger partial charge on any atom is -0.473 e. The predicted molar refractivity (Wildman–Crippen MR) is 94.5 cm³/mol. The molecule has 0 aromatic carbocycles. The van der Waals surface area contributed by atoms with E-state index >= 15 is 0 Å². The van der Waals surface area contributed by atoms with Crippen LogP contribution in [0.1, 0.15) is 32.0 Å². The lowest BCUT2D eigenvalue weighted by atomic mass is 10.1. The molecule has 25 heavy (non-hydrogen) atoms. The van der Waals surface area contributed by atoms with E-state index in [0.717, 1.165) is 11.3 Å². The van der Waals surface area contributed by atoms with E-state index in [-0.39, 0.29) is 12.7 Å². The van der Waals surface area contributed by atoms with Crippen molar-refractivity contribution in [2.24, 2.45) is 0 Å². The molecule has 1 aliphatic heterocycles. The highest BCUT2D eigenvalue weighted by atomic mass is 16.6. The van der Waals surface area contributed by atoms with Crippen LogP contribution in [-0.2, 0) is 24.2 Å². The Balaban J connectivity index is 2.24. The Kier molecular flexibility index (Phi) is 5.89. The van der Waals surface area contributed by atoms with Gasteiger partial charge in [0.2, 0.25) is 5.88 Å². The molecule has 0 radical (unpaired) electrons. The normalized spacial score (nSPS) is 14.0. The van der Waals surface area contributed by atoms with Gasteiger partial charge in [0.25, 0.3) is 0 Å². The number of carbonyl (C=O) groups excluding carboxylic acids is 1. The van der Waals surface area contributed by atoms with Crippen molar-refractivity contribution in [2.45, 2.75) is 45.9 Å². The Hall–Kier alpha value is -2.28. The van der Waals surface area contributed by atoms with Gasteiger partial charge in [-0.1, -0.05) is 19.2 Å². The topological polar surface area (TPSA) is 76.8 Å². The van der Waals surface area contributed by atoms with Crippen LogP contribution in [0.25, 0.3) is 0 Å². The molecule has 7 nitrogen and oxygen atoms in total. The molecule has 0 saturated carbocycles. The number of aliphatic hydroxyl groups is 1. The number of fused-ring (bicyclic) bond motifs is 1. The Bertz CT molecular complexity index is 658. The number of amides is 1. The quantitative estimate of drug-likeness (QED) is 0.798. The Labute approximate surface area is 148 Å². The summed E-state index contributed by atoms with van der Waals surface area (Å²) < 4.78 is 12.9. The van der Waals surface area contributed by atoms with E-state index in [9.17, 15) is 9.90 Å². The van der Waals surface area contributed by atoms with Crippen molar-refractivity contribution < 1.29 is 19.4 Å². The van der Waals surface area contributed by atoms with Crippen LogP contribution in [0.4, 0.5) is 4.79 Å². The fraction of sp³-hybridized carbons (Fsp3) is 0.556. The van der Waals surface area contributed by atoms with Crippen LogP contribution < -0.4 is 4.74 Å². The molecular weight excluding hydrogens is 322 g/mol. The minimum atomic E-state index is -0.539. The highest BCUT2D eigenvalue weighted by molar-refractivity contribution is 5.68. The molecule has 1 aromatic heterocycles. The number of rotatable bonds is 6. The molecule has 2 heterocycles. The van der Waals surface area contributed by atoms with Gasteiger partial charge in [0, 0.05) is 13.0 Å². The lowest BCUT2D eigenvalue weighted by Crippen LogP contribution is -2.39. The molecule has 0 bridgehead atoms. The van der Waals surface area contributed by atoms with Crippen LogP contribution in [0.3, 0.4) is 0 Å². The van der Waals surface area contributed by atoms with E-state index in [4.69, 9.17) is 9.47 Å². The number of hydrogen-bond donors (Lipinski definition) is 1. The summed E-state index contributed by atoms with van der Waals surface area (Å²) in [5.74, 6) is 0.581. The third-order valence-electron chi connectivity index (χ3n) is 3.64. The zero-order valence-corrected chi connectivity index (χ0v) is 15.2. The average Bonchev–Trinajstić information content (AvgIpc) is 2.87. The van der Waals surface area contributed by atoms with Crippen LogP contribution in [0.15, 0.2) is 24.8 Å². The Morgan fingerprint density at radius 3 is 2.76 bits per heavy atom. The molecule has 0 fully saturated rings. The van der Waals surface area contributed by atoms with Gasteiger partial charge >= 0.3 is 6.09 Å². The third kappa shape index (κ3) is 4.85. The van der Waals surface area contributed by atoms with Crippen molar-refractivity contribution in [1.82, 2.24) is 14.7 Å². The van der Waals surface area contributed by atoms with Crippen molar-refractivity contribution in [1.29, 1.82) is 0 Å². The molecule has 1 N–H and O–H groups in total. The highest BCUT2D eigenvalue weighted by Gasteiger charge is 2.30. The maximum Gasteiger partial charge on any atom is 0.410 e. The summed E-state index contributed by atoms with van der Waals surface area (Å²) in [5.41, 5.74) is 1.85. The van der Waals surface area contributed by atoms with Gasteiger partial charge in [-0.2, -0.15) is 5.10 Å². The van der Waals surface area contributed by atoms with Crippen molar-refractivity contribution in [3.63, 3.8) is 0 Å². The summed E-state index contributed by atoms with van der Waals surface area (Å²) in [4.78, 5) is 14.0. The molecule has 0 saturated heterocycles. The van der Waals surface area contributed by atoms with Gasteiger partial charge in [-0.15, -0.1) is 0 Å². The molecule has 0 aliphatic carbocycles. The third-order valence-corrected chi connectivity index (χ3v) is 3.64. The SMILES string of the molecule is C=CCOc1c2c(nn1CC(=C)CO)CCN(C(=O)OC(C)(C)C)C2. The van der Waals surface area contributed by atoms with Gasteiger partial charge < -0.3 is 19.5 Å². The van der Waals surface area contributed by atoms with E-state index < -0.39 is 5.60 Å². The zero-order valence-electron chi connectivity index (χ0n) is 15.2. The molecule has 1 aliphatic rings. The minimum absolute atomic E-state index is 0.116. The number of carbonyl (C=O) groups is 1. The highest BCUT2D eigenvalue weighted by Crippen LogP contribution is 2.29. The predicted octanol–water partition coefficient (Wildman–Crippen LogP) is 2.29. The van der Waals surface area contributed by atoms with Crippen LogP contribution in [0, 0.1) is 0 Å². The maximum atomic E-state index is 12.4. The van der Waals surface area contributed by atoms with E-state index in [1.807, 2.05) is 20.8 Å². The van der Waals surface area contributed by atoms with Gasteiger partial charge in [-0.3, -0.25) is 0 Å². The first-order chi connectivity index (χ1) is 11.7. The summed E-state index contributed by atoms with van der Waals surface area (Å²) in [7, 11) is 0. The van der Waals surface area contributed by atoms with Gasteiger partial charge in [0.05, 0.1) is 31.0 Å². The first kappa shape index (κ1) is 19.1. The number of hydrogen-bond acceptors (Lipinski definition) is 5. The summed E-state index contributed by atoms with van der Waals surface area (Å²) in [6.45, 7) is 14.5. The van der Waals surface area contributed by atoms with Gasteiger partial charge in [0.1, 0.15) is 12.2 Å². The average molecular weight is 349 g/mol. The van der Waals surface area contributed by atoms with Gasteiger partial charge in [-0.25, -0.2) is 9.48 Å². The Morgan fingerprint density at radius 1 is 1.44 bits per heavy atom. The fourth-order valence-electron chi connectivity index (χ4n) is 2.55. The second kappa shape index (κ2) is 7.74. The first-order valence-corrected chi connectivity index (χ1v) is 8.33. The maximum absolute atomic E-state index is 12.4.